The third kappa shape index (κ3) is 4.94. The van der Waals surface area contributed by atoms with Crippen LogP contribution in [0.25, 0.3) is 0 Å². The summed E-state index contributed by atoms with van der Waals surface area (Å²) in [4.78, 5) is 0. The van der Waals surface area contributed by atoms with Gasteiger partial charge < -0.3 is 10.1 Å². The first-order valence-electron chi connectivity index (χ1n) is 6.89. The van der Waals surface area contributed by atoms with Crippen LogP contribution in [0.4, 0.5) is 4.39 Å². The Bertz CT molecular complexity index is 619. The van der Waals surface area contributed by atoms with Crippen molar-refractivity contribution in [1.29, 1.82) is 0 Å². The second-order valence-corrected chi connectivity index (χ2v) is 4.66. The first kappa shape index (κ1) is 15.1. The van der Waals surface area contributed by atoms with Crippen LogP contribution in [-0.2, 0) is 13.0 Å². The van der Waals surface area contributed by atoms with Crippen molar-refractivity contribution in [3.8, 4) is 18.1 Å². The summed E-state index contributed by atoms with van der Waals surface area (Å²) >= 11 is 0. The molecule has 0 fully saturated rings. The topological polar surface area (TPSA) is 21.3 Å². The summed E-state index contributed by atoms with van der Waals surface area (Å²) in [5.74, 6) is 3.07. The van der Waals surface area contributed by atoms with Gasteiger partial charge in [0.15, 0.2) is 0 Å². The van der Waals surface area contributed by atoms with Crippen molar-refractivity contribution in [2.24, 2.45) is 0 Å². The van der Waals surface area contributed by atoms with Gasteiger partial charge in [-0.3, -0.25) is 0 Å². The Morgan fingerprint density at radius 3 is 2.81 bits per heavy atom. The summed E-state index contributed by atoms with van der Waals surface area (Å²) in [6.07, 6.45) is 5.99. The fourth-order valence-corrected chi connectivity index (χ4v) is 2.06. The average Bonchev–Trinajstić information content (AvgIpc) is 2.50. The maximum atomic E-state index is 13.1. The van der Waals surface area contributed by atoms with Crippen molar-refractivity contribution in [2.75, 3.05) is 13.2 Å². The van der Waals surface area contributed by atoms with E-state index in [2.05, 4.69) is 11.2 Å². The molecule has 0 aromatic heterocycles. The molecule has 0 spiro atoms. The lowest BCUT2D eigenvalue weighted by Gasteiger charge is -2.10. The van der Waals surface area contributed by atoms with Gasteiger partial charge in [0.2, 0.25) is 0 Å². The Kier molecular flexibility index (Phi) is 5.81. The molecule has 3 heteroatoms. The van der Waals surface area contributed by atoms with Crippen LogP contribution in [0.3, 0.4) is 0 Å². The number of ether oxygens (including phenoxy) is 1. The van der Waals surface area contributed by atoms with Gasteiger partial charge in [0.25, 0.3) is 0 Å². The van der Waals surface area contributed by atoms with Crippen molar-refractivity contribution in [1.82, 2.24) is 5.32 Å². The molecule has 0 saturated carbocycles. The molecule has 0 aliphatic carbocycles. The SMILES string of the molecule is C#CCOc1ccccc1CNCCc1cccc(F)c1. The molecule has 0 amide bonds. The molecular weight excluding hydrogens is 265 g/mol. The van der Waals surface area contributed by atoms with Crippen molar-refractivity contribution in [3.63, 3.8) is 0 Å². The Morgan fingerprint density at radius 2 is 2.00 bits per heavy atom. The number of terminal acetylenes is 1. The molecule has 0 aliphatic rings. The maximum Gasteiger partial charge on any atom is 0.148 e. The Labute approximate surface area is 125 Å². The fraction of sp³-hybridized carbons (Fsp3) is 0.222. The van der Waals surface area contributed by atoms with Crippen molar-refractivity contribution >= 4 is 0 Å². The summed E-state index contributed by atoms with van der Waals surface area (Å²) in [6.45, 7) is 1.73. The smallest absolute Gasteiger partial charge is 0.148 e. The molecule has 0 radical (unpaired) electrons. The van der Waals surface area contributed by atoms with Gasteiger partial charge in [-0.2, -0.15) is 0 Å². The first-order chi connectivity index (χ1) is 10.3. The molecule has 0 unspecified atom stereocenters. The molecule has 0 aliphatic heterocycles. The van der Waals surface area contributed by atoms with Crippen LogP contribution in [0.1, 0.15) is 11.1 Å². The predicted molar refractivity (Wildman–Crippen MR) is 82.6 cm³/mol. The van der Waals surface area contributed by atoms with Crippen LogP contribution < -0.4 is 10.1 Å². The second-order valence-electron chi connectivity index (χ2n) is 4.66. The number of para-hydroxylation sites is 1. The van der Waals surface area contributed by atoms with Crippen LogP contribution in [0.5, 0.6) is 5.75 Å². The molecule has 2 aromatic carbocycles. The lowest BCUT2D eigenvalue weighted by Crippen LogP contribution is -2.17. The Hall–Kier alpha value is -2.31. The van der Waals surface area contributed by atoms with Gasteiger partial charge in [0, 0.05) is 12.1 Å². The van der Waals surface area contributed by atoms with Crippen LogP contribution >= 0.6 is 0 Å². The van der Waals surface area contributed by atoms with E-state index in [1.54, 1.807) is 12.1 Å². The third-order valence-electron chi connectivity index (χ3n) is 3.08. The van der Waals surface area contributed by atoms with E-state index in [0.29, 0.717) is 6.54 Å². The van der Waals surface area contributed by atoms with Gasteiger partial charge in [0.05, 0.1) is 0 Å². The largest absolute Gasteiger partial charge is 0.481 e. The highest BCUT2D eigenvalue weighted by molar-refractivity contribution is 5.33. The summed E-state index contributed by atoms with van der Waals surface area (Å²) < 4.78 is 18.6. The van der Waals surface area contributed by atoms with E-state index < -0.39 is 0 Å². The minimum Gasteiger partial charge on any atom is -0.481 e. The maximum absolute atomic E-state index is 13.1. The molecule has 0 atom stereocenters. The molecule has 0 saturated heterocycles. The second kappa shape index (κ2) is 8.08. The van der Waals surface area contributed by atoms with Gasteiger partial charge in [0.1, 0.15) is 18.2 Å². The van der Waals surface area contributed by atoms with Crippen LogP contribution in [0, 0.1) is 18.2 Å². The quantitative estimate of drug-likeness (QED) is 0.622. The highest BCUT2D eigenvalue weighted by atomic mass is 19.1. The van der Waals surface area contributed by atoms with Gasteiger partial charge in [-0.15, -0.1) is 6.42 Å². The average molecular weight is 283 g/mol. The van der Waals surface area contributed by atoms with Gasteiger partial charge in [-0.25, -0.2) is 4.39 Å². The summed E-state index contributed by atoms with van der Waals surface area (Å²) in [6, 6.07) is 14.5. The molecule has 2 rings (SSSR count). The van der Waals surface area contributed by atoms with Crippen LogP contribution in [0.2, 0.25) is 0 Å². The van der Waals surface area contributed by atoms with E-state index in [1.165, 1.54) is 6.07 Å². The van der Waals surface area contributed by atoms with Crippen molar-refractivity contribution in [2.45, 2.75) is 13.0 Å². The lowest BCUT2D eigenvalue weighted by molar-refractivity contribution is 0.365. The van der Waals surface area contributed by atoms with E-state index in [0.717, 1.165) is 29.8 Å². The van der Waals surface area contributed by atoms with Crippen LogP contribution in [-0.4, -0.2) is 13.2 Å². The van der Waals surface area contributed by atoms with Gasteiger partial charge in [-0.05, 0) is 36.7 Å². The van der Waals surface area contributed by atoms with Crippen LogP contribution in [0.15, 0.2) is 48.5 Å². The summed E-state index contributed by atoms with van der Waals surface area (Å²) in [7, 11) is 0. The van der Waals surface area contributed by atoms with E-state index in [-0.39, 0.29) is 12.4 Å². The lowest BCUT2D eigenvalue weighted by atomic mass is 10.1. The third-order valence-corrected chi connectivity index (χ3v) is 3.08. The zero-order valence-corrected chi connectivity index (χ0v) is 11.8. The number of hydrogen-bond donors (Lipinski definition) is 1. The Morgan fingerprint density at radius 1 is 1.14 bits per heavy atom. The minimum atomic E-state index is -0.194. The fourth-order valence-electron chi connectivity index (χ4n) is 2.06. The minimum absolute atomic E-state index is 0.194. The zero-order valence-electron chi connectivity index (χ0n) is 11.8. The molecule has 21 heavy (non-hydrogen) atoms. The molecular formula is C18H18FNO. The molecule has 2 nitrogen and oxygen atoms in total. The first-order valence-corrected chi connectivity index (χ1v) is 6.89. The van der Waals surface area contributed by atoms with Crippen molar-refractivity contribution < 1.29 is 9.13 Å². The van der Waals surface area contributed by atoms with Crippen molar-refractivity contribution in [3.05, 3.63) is 65.5 Å². The number of hydrogen-bond acceptors (Lipinski definition) is 2. The zero-order chi connectivity index (χ0) is 14.9. The predicted octanol–water partition coefficient (Wildman–Crippen LogP) is 3.17. The Balaban J connectivity index is 1.82. The molecule has 108 valence electrons. The highest BCUT2D eigenvalue weighted by Gasteiger charge is 2.02. The molecule has 2 aromatic rings. The van der Waals surface area contributed by atoms with Gasteiger partial charge in [-0.1, -0.05) is 36.3 Å². The van der Waals surface area contributed by atoms with E-state index >= 15 is 0 Å². The number of nitrogens with one attached hydrogen (secondary N) is 1. The summed E-state index contributed by atoms with van der Waals surface area (Å²) in [5, 5.41) is 3.33. The van der Waals surface area contributed by atoms with E-state index in [9.17, 15) is 4.39 Å². The van der Waals surface area contributed by atoms with Gasteiger partial charge >= 0.3 is 0 Å². The highest BCUT2D eigenvalue weighted by Crippen LogP contribution is 2.17. The number of rotatable bonds is 7. The molecule has 0 heterocycles. The number of halogens is 1. The summed E-state index contributed by atoms with van der Waals surface area (Å²) in [5.41, 5.74) is 2.05. The monoisotopic (exact) mass is 283 g/mol. The standard InChI is InChI=1S/C18H18FNO/c1-2-12-21-18-9-4-3-7-16(18)14-20-11-10-15-6-5-8-17(19)13-15/h1,3-9,13,20H,10-12,14H2. The number of benzene rings is 2. The normalized spacial score (nSPS) is 10.1. The molecule has 1 N–H and O–H groups in total. The van der Waals surface area contributed by atoms with E-state index in [4.69, 9.17) is 11.2 Å². The molecule has 0 bridgehead atoms. The van der Waals surface area contributed by atoms with E-state index in [1.807, 2.05) is 30.3 Å².